The van der Waals surface area contributed by atoms with Crippen LogP contribution in [-0.2, 0) is 19.0 Å². The van der Waals surface area contributed by atoms with Gasteiger partial charge in [-0.15, -0.1) is 0 Å². The molecular formula is C22H19ClF3N3O. The molecule has 1 aliphatic rings. The molecule has 8 heteroatoms. The van der Waals surface area contributed by atoms with E-state index in [1.54, 1.807) is 42.5 Å². The minimum Gasteiger partial charge on any atom is -0.322 e. The summed E-state index contributed by atoms with van der Waals surface area (Å²) in [6, 6.07) is 11.6. The van der Waals surface area contributed by atoms with E-state index in [0.29, 0.717) is 40.5 Å². The minimum atomic E-state index is -4.48. The lowest BCUT2D eigenvalue weighted by molar-refractivity contribution is -0.142. The lowest BCUT2D eigenvalue weighted by Gasteiger charge is -2.15. The average Bonchev–Trinajstić information content (AvgIpc) is 3.11. The molecule has 30 heavy (non-hydrogen) atoms. The SMILES string of the molecule is Cc1ccc(NC(=O)c2ccc(-n3nc(C(F)(F)F)c4c3CCCC4)cc2)cc1Cl. The Labute approximate surface area is 176 Å². The maximum atomic E-state index is 13.4. The van der Waals surface area contributed by atoms with Crippen molar-refractivity contribution in [3.8, 4) is 5.69 Å². The first kappa shape index (κ1) is 20.5. The Balaban J connectivity index is 1.60. The number of anilines is 1. The molecule has 0 saturated carbocycles. The molecule has 0 fully saturated rings. The summed E-state index contributed by atoms with van der Waals surface area (Å²) < 4.78 is 41.6. The van der Waals surface area contributed by atoms with Crippen molar-refractivity contribution in [1.29, 1.82) is 0 Å². The predicted molar refractivity (Wildman–Crippen MR) is 109 cm³/mol. The number of amides is 1. The van der Waals surface area contributed by atoms with E-state index in [4.69, 9.17) is 11.6 Å². The third kappa shape index (κ3) is 3.94. The van der Waals surface area contributed by atoms with E-state index in [-0.39, 0.29) is 11.5 Å². The first-order chi connectivity index (χ1) is 14.2. The van der Waals surface area contributed by atoms with Crippen molar-refractivity contribution in [3.63, 3.8) is 0 Å². The van der Waals surface area contributed by atoms with Crippen molar-refractivity contribution >= 4 is 23.2 Å². The molecule has 0 atom stereocenters. The lowest BCUT2D eigenvalue weighted by atomic mass is 9.95. The average molecular weight is 434 g/mol. The molecule has 4 rings (SSSR count). The number of nitrogens with one attached hydrogen (secondary N) is 1. The first-order valence-electron chi connectivity index (χ1n) is 9.60. The fraction of sp³-hybridized carbons (Fsp3) is 0.273. The topological polar surface area (TPSA) is 46.9 Å². The predicted octanol–water partition coefficient (Wildman–Crippen LogP) is 5.98. The lowest BCUT2D eigenvalue weighted by Crippen LogP contribution is -2.12. The molecule has 0 spiro atoms. The molecule has 1 aromatic heterocycles. The number of rotatable bonds is 3. The standard InChI is InChI=1S/C22H19ClF3N3O/c1-13-6-9-15(12-18(13)23)27-21(30)14-7-10-16(11-8-14)29-19-5-3-2-4-17(19)20(28-29)22(24,25)26/h6-12H,2-5H2,1H3,(H,27,30). The van der Waals surface area contributed by atoms with Crippen LogP contribution in [0.25, 0.3) is 5.69 Å². The Morgan fingerprint density at radius 1 is 1.10 bits per heavy atom. The van der Waals surface area contributed by atoms with Crippen LogP contribution in [-0.4, -0.2) is 15.7 Å². The van der Waals surface area contributed by atoms with Crippen molar-refractivity contribution in [2.45, 2.75) is 38.8 Å². The Bertz CT molecular complexity index is 1100. The van der Waals surface area contributed by atoms with Crippen LogP contribution in [0.4, 0.5) is 18.9 Å². The van der Waals surface area contributed by atoms with Gasteiger partial charge in [0.15, 0.2) is 5.69 Å². The zero-order valence-electron chi connectivity index (χ0n) is 16.2. The fourth-order valence-corrected chi connectivity index (χ4v) is 3.85. The minimum absolute atomic E-state index is 0.284. The van der Waals surface area contributed by atoms with E-state index in [1.807, 2.05) is 6.92 Å². The second-order valence-corrected chi connectivity index (χ2v) is 7.76. The normalized spacial score (nSPS) is 13.8. The molecule has 3 aromatic rings. The second kappa shape index (κ2) is 7.80. The maximum absolute atomic E-state index is 13.4. The Morgan fingerprint density at radius 3 is 2.47 bits per heavy atom. The molecule has 4 nitrogen and oxygen atoms in total. The molecule has 1 amide bonds. The number of aromatic nitrogens is 2. The van der Waals surface area contributed by atoms with Crippen LogP contribution in [0.2, 0.25) is 5.02 Å². The van der Waals surface area contributed by atoms with Gasteiger partial charge < -0.3 is 5.32 Å². The number of hydrogen-bond acceptors (Lipinski definition) is 2. The molecule has 156 valence electrons. The monoisotopic (exact) mass is 433 g/mol. The molecule has 1 heterocycles. The number of alkyl halides is 3. The van der Waals surface area contributed by atoms with Gasteiger partial charge in [-0.1, -0.05) is 17.7 Å². The Kier molecular flexibility index (Phi) is 5.32. The third-order valence-electron chi connectivity index (χ3n) is 5.25. The quantitative estimate of drug-likeness (QED) is 0.552. The number of carbonyl (C=O) groups excluding carboxylic acids is 1. The van der Waals surface area contributed by atoms with E-state index >= 15 is 0 Å². The van der Waals surface area contributed by atoms with Crippen LogP contribution < -0.4 is 5.32 Å². The number of nitrogens with zero attached hydrogens (tertiary/aromatic N) is 2. The summed E-state index contributed by atoms with van der Waals surface area (Å²) in [6.45, 7) is 1.87. The largest absolute Gasteiger partial charge is 0.435 e. The molecule has 0 radical (unpaired) electrons. The zero-order valence-corrected chi connectivity index (χ0v) is 16.9. The van der Waals surface area contributed by atoms with Gasteiger partial charge in [0.2, 0.25) is 0 Å². The second-order valence-electron chi connectivity index (χ2n) is 7.36. The van der Waals surface area contributed by atoms with Crippen LogP contribution >= 0.6 is 11.6 Å². The molecule has 0 bridgehead atoms. The van der Waals surface area contributed by atoms with E-state index in [0.717, 1.165) is 18.4 Å². The first-order valence-corrected chi connectivity index (χ1v) is 9.98. The summed E-state index contributed by atoms with van der Waals surface area (Å²) in [4.78, 5) is 12.5. The van der Waals surface area contributed by atoms with Crippen molar-refractivity contribution in [1.82, 2.24) is 9.78 Å². The highest BCUT2D eigenvalue weighted by Gasteiger charge is 2.39. The number of halogens is 4. The molecule has 0 unspecified atom stereocenters. The van der Waals surface area contributed by atoms with Gasteiger partial charge in [-0.2, -0.15) is 18.3 Å². The van der Waals surface area contributed by atoms with Crippen LogP contribution in [0.1, 0.15) is 45.7 Å². The van der Waals surface area contributed by atoms with E-state index in [1.165, 1.54) is 4.68 Å². The Morgan fingerprint density at radius 2 is 1.80 bits per heavy atom. The number of carbonyl (C=O) groups is 1. The van der Waals surface area contributed by atoms with Gasteiger partial charge in [-0.25, -0.2) is 4.68 Å². The summed E-state index contributed by atoms with van der Waals surface area (Å²) >= 11 is 6.08. The van der Waals surface area contributed by atoms with Gasteiger partial charge in [0.25, 0.3) is 5.91 Å². The van der Waals surface area contributed by atoms with Gasteiger partial charge in [0.1, 0.15) is 0 Å². The summed E-state index contributed by atoms with van der Waals surface area (Å²) in [6.07, 6.45) is -2.00. The van der Waals surface area contributed by atoms with Crippen molar-refractivity contribution in [3.05, 3.63) is 75.6 Å². The summed E-state index contributed by atoms with van der Waals surface area (Å²) in [5, 5.41) is 7.18. The highest BCUT2D eigenvalue weighted by atomic mass is 35.5. The fourth-order valence-electron chi connectivity index (χ4n) is 3.67. The van der Waals surface area contributed by atoms with Gasteiger partial charge in [-0.3, -0.25) is 4.79 Å². The summed E-state index contributed by atoms with van der Waals surface area (Å²) in [5.74, 6) is -0.333. The highest BCUT2D eigenvalue weighted by molar-refractivity contribution is 6.31. The van der Waals surface area contributed by atoms with Crippen molar-refractivity contribution in [2.24, 2.45) is 0 Å². The van der Waals surface area contributed by atoms with E-state index in [9.17, 15) is 18.0 Å². The van der Waals surface area contributed by atoms with Crippen molar-refractivity contribution < 1.29 is 18.0 Å². The van der Waals surface area contributed by atoms with Crippen LogP contribution in [0.3, 0.4) is 0 Å². The molecule has 0 saturated heterocycles. The van der Waals surface area contributed by atoms with E-state index in [2.05, 4.69) is 10.4 Å². The smallest absolute Gasteiger partial charge is 0.322 e. The van der Waals surface area contributed by atoms with E-state index < -0.39 is 11.9 Å². The van der Waals surface area contributed by atoms with Crippen molar-refractivity contribution in [2.75, 3.05) is 5.32 Å². The van der Waals surface area contributed by atoms with Gasteiger partial charge in [0, 0.05) is 27.5 Å². The molecule has 0 aliphatic heterocycles. The Hall–Kier alpha value is -2.80. The number of benzene rings is 2. The van der Waals surface area contributed by atoms with Gasteiger partial charge in [0.05, 0.1) is 5.69 Å². The zero-order chi connectivity index (χ0) is 21.5. The number of fused-ring (bicyclic) bond motifs is 1. The van der Waals surface area contributed by atoms with Gasteiger partial charge in [-0.05, 0) is 74.6 Å². The summed E-state index contributed by atoms with van der Waals surface area (Å²) in [5.41, 5.74) is 2.42. The van der Waals surface area contributed by atoms with Gasteiger partial charge >= 0.3 is 6.18 Å². The van der Waals surface area contributed by atoms with Crippen LogP contribution in [0, 0.1) is 6.92 Å². The number of aryl methyl sites for hydroxylation is 1. The van der Waals surface area contributed by atoms with Crippen LogP contribution in [0.15, 0.2) is 42.5 Å². The molecule has 2 aromatic carbocycles. The summed E-state index contributed by atoms with van der Waals surface area (Å²) in [7, 11) is 0. The molecular weight excluding hydrogens is 415 g/mol. The molecule has 1 N–H and O–H groups in total. The highest BCUT2D eigenvalue weighted by Crippen LogP contribution is 2.36. The number of hydrogen-bond donors (Lipinski definition) is 1. The third-order valence-corrected chi connectivity index (χ3v) is 5.66. The van der Waals surface area contributed by atoms with Crippen LogP contribution in [0.5, 0.6) is 0 Å². The maximum Gasteiger partial charge on any atom is 0.435 e. The molecule has 1 aliphatic carbocycles.